The van der Waals surface area contributed by atoms with Crippen molar-refractivity contribution in [1.82, 2.24) is 14.2 Å². The molecule has 3 aromatic rings. The molecular weight excluding hydrogens is 390 g/mol. The number of thioether (sulfide) groups is 1. The van der Waals surface area contributed by atoms with Gasteiger partial charge in [-0.15, -0.1) is 0 Å². The highest BCUT2D eigenvalue weighted by molar-refractivity contribution is 7.99. The maximum atomic E-state index is 12.2. The second kappa shape index (κ2) is 7.75. The van der Waals surface area contributed by atoms with Crippen molar-refractivity contribution in [3.63, 3.8) is 0 Å². The zero-order chi connectivity index (χ0) is 19.6. The predicted octanol–water partition coefficient (Wildman–Crippen LogP) is 2.42. The van der Waals surface area contributed by atoms with Crippen LogP contribution in [-0.4, -0.2) is 55.4 Å². The van der Waals surface area contributed by atoms with Gasteiger partial charge in [-0.2, -0.15) is 0 Å². The van der Waals surface area contributed by atoms with Gasteiger partial charge in [-0.05, 0) is 30.3 Å². The molecule has 0 N–H and O–H groups in total. The number of benzene rings is 1. The molecule has 0 saturated heterocycles. The smallest absolute Gasteiger partial charge is 0.257 e. The van der Waals surface area contributed by atoms with E-state index >= 15 is 0 Å². The number of oxazole rings is 1. The third kappa shape index (κ3) is 4.34. The van der Waals surface area contributed by atoms with Gasteiger partial charge in [-0.3, -0.25) is 4.79 Å². The van der Waals surface area contributed by atoms with Gasteiger partial charge in [0.05, 0.1) is 23.5 Å². The quantitative estimate of drug-likeness (QED) is 0.553. The standard InChI is InChI=1S/C17H19N3O5S2/c1-19(2)27(22,23)13-6-7-15-14(9-13)18-17(25-15)26-11-16(21)20(3)10-12-5-4-8-24-12/h4-9H,10-11H2,1-3H3. The molecule has 1 amide bonds. The van der Waals surface area contributed by atoms with Crippen molar-refractivity contribution >= 4 is 38.8 Å². The van der Waals surface area contributed by atoms with E-state index in [1.165, 1.54) is 26.2 Å². The first-order chi connectivity index (χ1) is 12.8. The lowest BCUT2D eigenvalue weighted by molar-refractivity contribution is -0.127. The first-order valence-corrected chi connectivity index (χ1v) is 10.4. The van der Waals surface area contributed by atoms with Crippen LogP contribution >= 0.6 is 11.8 Å². The molecule has 3 rings (SSSR count). The molecule has 0 fully saturated rings. The molecule has 10 heteroatoms. The summed E-state index contributed by atoms with van der Waals surface area (Å²) < 4.78 is 36.4. The molecule has 0 bridgehead atoms. The highest BCUT2D eigenvalue weighted by atomic mass is 32.2. The average molecular weight is 409 g/mol. The van der Waals surface area contributed by atoms with Crippen LogP contribution in [0.1, 0.15) is 5.76 Å². The van der Waals surface area contributed by atoms with Gasteiger partial charge in [0.2, 0.25) is 15.9 Å². The fourth-order valence-electron chi connectivity index (χ4n) is 2.28. The van der Waals surface area contributed by atoms with Crippen molar-refractivity contribution < 1.29 is 22.0 Å². The van der Waals surface area contributed by atoms with E-state index in [9.17, 15) is 13.2 Å². The van der Waals surface area contributed by atoms with E-state index in [0.717, 1.165) is 16.1 Å². The monoisotopic (exact) mass is 409 g/mol. The Labute approximate surface area is 161 Å². The molecule has 0 aliphatic carbocycles. The molecule has 0 aliphatic heterocycles. The van der Waals surface area contributed by atoms with E-state index in [1.54, 1.807) is 36.4 Å². The summed E-state index contributed by atoms with van der Waals surface area (Å²) in [6.07, 6.45) is 1.56. The van der Waals surface area contributed by atoms with Crippen molar-refractivity contribution in [2.45, 2.75) is 16.7 Å². The third-order valence-electron chi connectivity index (χ3n) is 3.84. The lowest BCUT2D eigenvalue weighted by atomic mass is 10.3. The SMILES string of the molecule is CN(Cc1ccco1)C(=O)CSc1nc2cc(S(=O)(=O)N(C)C)ccc2o1. The second-order valence-corrected chi connectivity index (χ2v) is 9.09. The van der Waals surface area contributed by atoms with Gasteiger partial charge in [0.25, 0.3) is 5.22 Å². The largest absolute Gasteiger partial charge is 0.467 e. The minimum Gasteiger partial charge on any atom is -0.467 e. The van der Waals surface area contributed by atoms with Gasteiger partial charge in [0.15, 0.2) is 5.58 Å². The number of amides is 1. The maximum absolute atomic E-state index is 12.2. The van der Waals surface area contributed by atoms with Gasteiger partial charge in [0, 0.05) is 21.1 Å². The third-order valence-corrected chi connectivity index (χ3v) is 6.46. The number of hydrogen-bond donors (Lipinski definition) is 0. The number of sulfonamides is 1. The van der Waals surface area contributed by atoms with Crippen LogP contribution in [0.3, 0.4) is 0 Å². The summed E-state index contributed by atoms with van der Waals surface area (Å²) in [4.78, 5) is 18.2. The molecule has 0 aliphatic rings. The lowest BCUT2D eigenvalue weighted by Crippen LogP contribution is -2.27. The zero-order valence-electron chi connectivity index (χ0n) is 15.1. The Morgan fingerprint density at radius 1 is 1.22 bits per heavy atom. The molecule has 0 radical (unpaired) electrons. The van der Waals surface area contributed by atoms with Crippen molar-refractivity contribution in [1.29, 1.82) is 0 Å². The predicted molar refractivity (Wildman–Crippen MR) is 101 cm³/mol. The first-order valence-electron chi connectivity index (χ1n) is 7.99. The Kier molecular flexibility index (Phi) is 5.59. The summed E-state index contributed by atoms with van der Waals surface area (Å²) in [5, 5.41) is 0.309. The molecule has 0 atom stereocenters. The number of aromatic nitrogens is 1. The Morgan fingerprint density at radius 2 is 2.00 bits per heavy atom. The van der Waals surface area contributed by atoms with Crippen LogP contribution in [0.15, 0.2) is 55.5 Å². The highest BCUT2D eigenvalue weighted by Crippen LogP contribution is 2.26. The summed E-state index contributed by atoms with van der Waals surface area (Å²) in [7, 11) is 1.08. The number of carbonyl (C=O) groups excluding carboxylic acids is 1. The molecule has 27 heavy (non-hydrogen) atoms. The second-order valence-electron chi connectivity index (χ2n) is 6.01. The van der Waals surface area contributed by atoms with Crippen molar-refractivity contribution in [3.05, 3.63) is 42.4 Å². The number of fused-ring (bicyclic) bond motifs is 1. The van der Waals surface area contributed by atoms with E-state index in [2.05, 4.69) is 4.98 Å². The van der Waals surface area contributed by atoms with E-state index in [4.69, 9.17) is 8.83 Å². The van der Waals surface area contributed by atoms with Crippen molar-refractivity contribution in [3.8, 4) is 0 Å². The Hall–Kier alpha value is -2.30. The van der Waals surface area contributed by atoms with Crippen LogP contribution in [0.5, 0.6) is 0 Å². The Balaban J connectivity index is 1.68. The lowest BCUT2D eigenvalue weighted by Gasteiger charge is -2.14. The number of nitrogens with zero attached hydrogens (tertiary/aromatic N) is 3. The van der Waals surface area contributed by atoms with Gasteiger partial charge in [0.1, 0.15) is 11.3 Å². The summed E-state index contributed by atoms with van der Waals surface area (Å²) >= 11 is 1.16. The van der Waals surface area contributed by atoms with Crippen LogP contribution in [0.4, 0.5) is 0 Å². The van der Waals surface area contributed by atoms with Crippen LogP contribution in [-0.2, 0) is 21.4 Å². The fourth-order valence-corrected chi connectivity index (χ4v) is 3.98. The molecule has 8 nitrogen and oxygen atoms in total. The number of hydrogen-bond acceptors (Lipinski definition) is 7. The summed E-state index contributed by atoms with van der Waals surface area (Å²) in [6.45, 7) is 0.381. The van der Waals surface area contributed by atoms with Crippen LogP contribution in [0, 0.1) is 0 Å². The number of carbonyl (C=O) groups is 1. The number of rotatable bonds is 7. The minimum absolute atomic E-state index is 0.102. The highest BCUT2D eigenvalue weighted by Gasteiger charge is 2.19. The molecule has 0 unspecified atom stereocenters. The molecule has 0 spiro atoms. The molecule has 1 aromatic carbocycles. The van der Waals surface area contributed by atoms with Crippen LogP contribution in [0.25, 0.3) is 11.1 Å². The van der Waals surface area contributed by atoms with E-state index in [1.807, 2.05) is 0 Å². The van der Waals surface area contributed by atoms with E-state index in [-0.39, 0.29) is 16.6 Å². The van der Waals surface area contributed by atoms with Crippen LogP contribution < -0.4 is 0 Å². The topological polar surface area (TPSA) is 96.9 Å². The summed E-state index contributed by atoms with van der Waals surface area (Å²) in [6, 6.07) is 8.07. The molecule has 2 heterocycles. The first kappa shape index (κ1) is 19.5. The molecular formula is C17H19N3O5S2. The summed E-state index contributed by atoms with van der Waals surface area (Å²) in [5.74, 6) is 0.745. The molecule has 144 valence electrons. The Bertz CT molecular complexity index is 1040. The van der Waals surface area contributed by atoms with Gasteiger partial charge in [-0.25, -0.2) is 17.7 Å². The zero-order valence-corrected chi connectivity index (χ0v) is 16.7. The van der Waals surface area contributed by atoms with Crippen molar-refractivity contribution in [2.75, 3.05) is 26.9 Å². The Morgan fingerprint density at radius 3 is 2.67 bits per heavy atom. The van der Waals surface area contributed by atoms with Gasteiger partial charge < -0.3 is 13.7 Å². The van der Waals surface area contributed by atoms with Gasteiger partial charge in [-0.1, -0.05) is 11.8 Å². The minimum atomic E-state index is -3.55. The van der Waals surface area contributed by atoms with Crippen molar-refractivity contribution in [2.24, 2.45) is 0 Å². The van der Waals surface area contributed by atoms with E-state index in [0.29, 0.717) is 28.6 Å². The maximum Gasteiger partial charge on any atom is 0.257 e. The summed E-state index contributed by atoms with van der Waals surface area (Å²) in [5.41, 5.74) is 0.892. The number of furan rings is 1. The fraction of sp³-hybridized carbons (Fsp3) is 0.294. The molecule has 0 saturated carbocycles. The normalized spacial score (nSPS) is 12.0. The average Bonchev–Trinajstić information content (AvgIpc) is 3.27. The van der Waals surface area contributed by atoms with E-state index < -0.39 is 10.0 Å². The van der Waals surface area contributed by atoms with Crippen LogP contribution in [0.2, 0.25) is 0 Å². The molecule has 2 aromatic heterocycles. The van der Waals surface area contributed by atoms with Gasteiger partial charge >= 0.3 is 0 Å².